The molecule has 3 aromatic rings. The molecule has 7 heteroatoms. The molecule has 1 aromatic heterocycles. The van der Waals surface area contributed by atoms with Gasteiger partial charge in [0.05, 0.1) is 30.3 Å². The van der Waals surface area contributed by atoms with E-state index in [2.05, 4.69) is 46.8 Å². The summed E-state index contributed by atoms with van der Waals surface area (Å²) in [5, 5.41) is 11.2. The van der Waals surface area contributed by atoms with E-state index in [0.29, 0.717) is 44.6 Å². The molecule has 2 aliphatic heterocycles. The number of hydrogen-bond acceptors (Lipinski definition) is 5. The maximum absolute atomic E-state index is 13.8. The highest BCUT2D eigenvalue weighted by molar-refractivity contribution is 5.77. The van der Waals surface area contributed by atoms with Gasteiger partial charge in [-0.25, -0.2) is 4.98 Å². The number of amides is 1. The molecule has 2 aliphatic rings. The second-order valence-corrected chi connectivity index (χ2v) is 12.3. The largest absolute Gasteiger partial charge is 0.391 e. The van der Waals surface area contributed by atoms with E-state index in [1.54, 1.807) is 0 Å². The summed E-state index contributed by atoms with van der Waals surface area (Å²) in [4.78, 5) is 23.1. The van der Waals surface area contributed by atoms with E-state index in [1.807, 2.05) is 43.0 Å². The summed E-state index contributed by atoms with van der Waals surface area (Å²) in [6.45, 7) is 8.81. The van der Waals surface area contributed by atoms with E-state index in [4.69, 9.17) is 9.72 Å². The first-order chi connectivity index (χ1) is 18.8. The molecule has 2 aromatic carbocycles. The summed E-state index contributed by atoms with van der Waals surface area (Å²) in [5.41, 5.74) is 2.86. The predicted molar refractivity (Wildman–Crippen MR) is 154 cm³/mol. The Morgan fingerprint density at radius 3 is 2.56 bits per heavy atom. The molecule has 0 bridgehead atoms. The Labute approximate surface area is 232 Å². The summed E-state index contributed by atoms with van der Waals surface area (Å²) in [7, 11) is 2.10. The number of likely N-dealkylation sites (tertiary alicyclic amines) is 1. The third-order valence-electron chi connectivity index (χ3n) is 8.86. The van der Waals surface area contributed by atoms with Gasteiger partial charge in [-0.2, -0.15) is 0 Å². The number of rotatable bonds is 4. The lowest BCUT2D eigenvalue weighted by Crippen LogP contribution is -2.46. The average Bonchev–Trinajstić information content (AvgIpc) is 3.24. The molecular weight excluding hydrogens is 488 g/mol. The van der Waals surface area contributed by atoms with E-state index in [-0.39, 0.29) is 5.91 Å². The van der Waals surface area contributed by atoms with Crippen molar-refractivity contribution in [3.63, 3.8) is 0 Å². The number of aliphatic hydroxyl groups is 1. The maximum Gasteiger partial charge on any atom is 0.223 e. The van der Waals surface area contributed by atoms with Crippen LogP contribution in [-0.4, -0.2) is 69.3 Å². The van der Waals surface area contributed by atoms with Crippen LogP contribution in [0.1, 0.15) is 50.9 Å². The maximum atomic E-state index is 13.8. The second kappa shape index (κ2) is 12.2. The van der Waals surface area contributed by atoms with Crippen molar-refractivity contribution < 1.29 is 14.6 Å². The Morgan fingerprint density at radius 2 is 1.77 bits per heavy atom. The van der Waals surface area contributed by atoms with Gasteiger partial charge >= 0.3 is 0 Å². The Bertz CT molecular complexity index is 1240. The number of carbonyl (C=O) groups excluding carboxylic acids is 1. The number of aliphatic hydroxyl groups excluding tert-OH is 1. The van der Waals surface area contributed by atoms with E-state index in [9.17, 15) is 9.90 Å². The normalized spacial score (nSPS) is 25.5. The van der Waals surface area contributed by atoms with Crippen LogP contribution in [-0.2, 0) is 29.7 Å². The number of β-amino-alcohol motifs (C(OH)–C–C–N with tert-alkyl or cyclic N) is 1. The van der Waals surface area contributed by atoms with Crippen molar-refractivity contribution in [3.8, 4) is 0 Å². The Balaban J connectivity index is 1.32. The van der Waals surface area contributed by atoms with Crippen molar-refractivity contribution in [3.05, 3.63) is 66.0 Å². The van der Waals surface area contributed by atoms with Gasteiger partial charge in [0.15, 0.2) is 0 Å². The number of aromatic nitrogens is 2. The SMILES string of the molecule is Cn1c(CN2CC[C@H]3CC(=O)N(Cc4ccccc4)C[C@H](O)C(C)(C)COCCC[C@H]3C2)nc2ccccc21. The van der Waals surface area contributed by atoms with Crippen molar-refractivity contribution in [1.29, 1.82) is 0 Å². The highest BCUT2D eigenvalue weighted by Crippen LogP contribution is 2.33. The van der Waals surface area contributed by atoms with Gasteiger partial charge < -0.3 is 19.3 Å². The van der Waals surface area contributed by atoms with Crippen molar-refractivity contribution >= 4 is 16.9 Å². The van der Waals surface area contributed by atoms with Gasteiger partial charge in [-0.15, -0.1) is 0 Å². The highest BCUT2D eigenvalue weighted by atomic mass is 16.5. The summed E-state index contributed by atoms with van der Waals surface area (Å²) in [6, 6.07) is 18.4. The van der Waals surface area contributed by atoms with Crippen LogP contribution >= 0.6 is 0 Å². The number of para-hydroxylation sites is 2. The van der Waals surface area contributed by atoms with Crippen LogP contribution < -0.4 is 0 Å². The zero-order valence-corrected chi connectivity index (χ0v) is 23.8. The third-order valence-corrected chi connectivity index (χ3v) is 8.86. The molecule has 3 atom stereocenters. The number of aryl methyl sites for hydroxylation is 1. The smallest absolute Gasteiger partial charge is 0.223 e. The van der Waals surface area contributed by atoms with Crippen LogP contribution in [0.4, 0.5) is 0 Å². The molecule has 2 saturated heterocycles. The molecule has 0 saturated carbocycles. The molecule has 0 unspecified atom stereocenters. The third kappa shape index (κ3) is 6.71. The Kier molecular flexibility index (Phi) is 8.70. The second-order valence-electron chi connectivity index (χ2n) is 12.3. The predicted octanol–water partition coefficient (Wildman–Crippen LogP) is 4.63. The number of hydrogen-bond donors (Lipinski definition) is 1. The molecule has 39 heavy (non-hydrogen) atoms. The van der Waals surface area contributed by atoms with Crippen LogP contribution in [0.5, 0.6) is 0 Å². The first-order valence-corrected chi connectivity index (χ1v) is 14.5. The zero-order valence-electron chi connectivity index (χ0n) is 23.8. The molecule has 2 fully saturated rings. The fraction of sp³-hybridized carbons (Fsp3) is 0.562. The summed E-state index contributed by atoms with van der Waals surface area (Å²) < 4.78 is 8.28. The molecule has 0 spiro atoms. The zero-order chi connectivity index (χ0) is 27.4. The lowest BCUT2D eigenvalue weighted by molar-refractivity contribution is -0.137. The number of benzene rings is 2. The molecule has 1 N–H and O–H groups in total. The number of carbonyl (C=O) groups is 1. The van der Waals surface area contributed by atoms with Crippen molar-refractivity contribution in [2.45, 2.75) is 58.7 Å². The van der Waals surface area contributed by atoms with E-state index < -0.39 is 11.5 Å². The minimum atomic E-state index is -0.656. The van der Waals surface area contributed by atoms with Gasteiger partial charge in [-0.3, -0.25) is 9.69 Å². The number of imidazole rings is 1. The lowest BCUT2D eigenvalue weighted by Gasteiger charge is -2.39. The van der Waals surface area contributed by atoms with E-state index in [1.165, 1.54) is 0 Å². The first-order valence-electron chi connectivity index (χ1n) is 14.5. The number of fused-ring (bicyclic) bond motifs is 2. The van der Waals surface area contributed by atoms with Gasteiger partial charge in [-0.1, -0.05) is 56.3 Å². The molecule has 1 amide bonds. The molecule has 0 radical (unpaired) electrons. The molecule has 5 rings (SSSR count). The van der Waals surface area contributed by atoms with Crippen molar-refractivity contribution in [2.75, 3.05) is 32.8 Å². The van der Waals surface area contributed by atoms with Crippen molar-refractivity contribution in [2.24, 2.45) is 24.3 Å². The van der Waals surface area contributed by atoms with Crippen LogP contribution in [0.15, 0.2) is 54.6 Å². The van der Waals surface area contributed by atoms with Gasteiger partial charge in [0, 0.05) is 45.1 Å². The van der Waals surface area contributed by atoms with E-state index in [0.717, 1.165) is 61.3 Å². The fourth-order valence-corrected chi connectivity index (χ4v) is 6.18. The van der Waals surface area contributed by atoms with Gasteiger partial charge in [0.1, 0.15) is 5.82 Å². The van der Waals surface area contributed by atoms with Crippen LogP contribution in [0.25, 0.3) is 11.0 Å². The fourth-order valence-electron chi connectivity index (χ4n) is 6.18. The quantitative estimate of drug-likeness (QED) is 0.531. The Hall–Kier alpha value is -2.74. The summed E-state index contributed by atoms with van der Waals surface area (Å²) >= 11 is 0. The van der Waals surface area contributed by atoms with Crippen LogP contribution in [0.2, 0.25) is 0 Å². The minimum Gasteiger partial charge on any atom is -0.391 e. The Morgan fingerprint density at radius 1 is 1.00 bits per heavy atom. The standard InChI is InChI=1S/C32H44N4O3/c1-32(2)23-39-17-9-12-26-20-35(22-30-33-27-13-7-8-14-28(27)34(30)3)16-15-25(26)18-31(38)36(21-29(32)37)19-24-10-5-4-6-11-24/h4-8,10-11,13-14,25-26,29,37H,9,12,15-23H2,1-3H3/t25-,26-,29-/m0/s1. The lowest BCUT2D eigenvalue weighted by atomic mass is 9.80. The highest BCUT2D eigenvalue weighted by Gasteiger charge is 2.35. The van der Waals surface area contributed by atoms with Crippen LogP contribution in [0.3, 0.4) is 0 Å². The number of nitrogens with zero attached hydrogens (tertiary/aromatic N) is 4. The van der Waals surface area contributed by atoms with Crippen LogP contribution in [0, 0.1) is 17.3 Å². The van der Waals surface area contributed by atoms with Gasteiger partial charge in [0.2, 0.25) is 5.91 Å². The molecular formula is C32H44N4O3. The van der Waals surface area contributed by atoms with Gasteiger partial charge in [-0.05, 0) is 55.3 Å². The topological polar surface area (TPSA) is 70.8 Å². The molecule has 210 valence electrons. The molecule has 0 aliphatic carbocycles. The number of ether oxygens (including phenoxy) is 1. The summed E-state index contributed by atoms with van der Waals surface area (Å²) in [6.07, 6.45) is 2.88. The average molecular weight is 533 g/mol. The number of piperidine rings is 1. The monoisotopic (exact) mass is 532 g/mol. The summed E-state index contributed by atoms with van der Waals surface area (Å²) in [5.74, 6) is 1.99. The van der Waals surface area contributed by atoms with E-state index >= 15 is 0 Å². The molecule has 3 heterocycles. The van der Waals surface area contributed by atoms with Crippen molar-refractivity contribution in [1.82, 2.24) is 19.4 Å². The first kappa shape index (κ1) is 27.8. The minimum absolute atomic E-state index is 0.146. The molecule has 7 nitrogen and oxygen atoms in total. The van der Waals surface area contributed by atoms with Gasteiger partial charge in [0.25, 0.3) is 0 Å².